The molecule has 0 spiro atoms. The van der Waals surface area contributed by atoms with E-state index in [2.05, 4.69) is 16.8 Å². The van der Waals surface area contributed by atoms with Gasteiger partial charge >= 0.3 is 0 Å². The summed E-state index contributed by atoms with van der Waals surface area (Å²) in [5.74, 6) is 0.162. The van der Waals surface area contributed by atoms with Crippen molar-refractivity contribution in [3.8, 4) is 0 Å². The molecule has 0 aliphatic heterocycles. The number of nitrogens with zero attached hydrogens (tertiary/aromatic N) is 3. The number of nitrogens with one attached hydrogen (secondary N) is 1. The van der Waals surface area contributed by atoms with E-state index in [9.17, 15) is 9.59 Å². The Hall–Kier alpha value is -1.64. The van der Waals surface area contributed by atoms with Gasteiger partial charge in [0.25, 0.3) is 5.56 Å². The van der Waals surface area contributed by atoms with Gasteiger partial charge in [-0.3, -0.25) is 14.2 Å². The summed E-state index contributed by atoms with van der Waals surface area (Å²) in [5.41, 5.74) is 1.27. The molecule has 3 rings (SSSR count). The van der Waals surface area contributed by atoms with E-state index in [0.717, 1.165) is 42.4 Å². The van der Waals surface area contributed by atoms with Gasteiger partial charge in [0.2, 0.25) is 5.91 Å². The third kappa shape index (κ3) is 4.85. The molecule has 0 unspecified atom stereocenters. The van der Waals surface area contributed by atoms with Crippen molar-refractivity contribution in [2.45, 2.75) is 43.8 Å². The van der Waals surface area contributed by atoms with Crippen LogP contribution in [0.3, 0.4) is 0 Å². The third-order valence-electron chi connectivity index (χ3n) is 4.80. The zero-order chi connectivity index (χ0) is 20.1. The van der Waals surface area contributed by atoms with Crippen molar-refractivity contribution >= 4 is 39.2 Å². The fourth-order valence-electron chi connectivity index (χ4n) is 3.44. The molecule has 0 fully saturated rings. The first-order valence-corrected chi connectivity index (χ1v) is 11.5. The maximum Gasteiger partial charge on any atom is 0.263 e. The maximum atomic E-state index is 13.4. The van der Waals surface area contributed by atoms with E-state index in [1.807, 2.05) is 14.1 Å². The Balaban J connectivity index is 1.93. The van der Waals surface area contributed by atoms with E-state index in [4.69, 9.17) is 4.98 Å². The van der Waals surface area contributed by atoms with Crippen LogP contribution in [0.1, 0.15) is 29.7 Å². The highest BCUT2D eigenvalue weighted by molar-refractivity contribution is 7.99. The number of amides is 1. The topological polar surface area (TPSA) is 67.2 Å². The van der Waals surface area contributed by atoms with Crippen LogP contribution in [0, 0.1) is 0 Å². The lowest BCUT2D eigenvalue weighted by molar-refractivity contribution is -0.118. The second-order valence-electron chi connectivity index (χ2n) is 7.28. The monoisotopic (exact) mass is 420 g/mol. The van der Waals surface area contributed by atoms with Crippen molar-refractivity contribution in [2.75, 3.05) is 32.9 Å². The van der Waals surface area contributed by atoms with Gasteiger partial charge in [-0.05, 0) is 58.3 Å². The first-order chi connectivity index (χ1) is 13.5. The number of carbonyl (C=O) groups is 1. The summed E-state index contributed by atoms with van der Waals surface area (Å²) < 4.78 is 1.78. The van der Waals surface area contributed by atoms with E-state index < -0.39 is 0 Å². The lowest BCUT2D eigenvalue weighted by Crippen LogP contribution is -2.28. The summed E-state index contributed by atoms with van der Waals surface area (Å²) in [6.45, 7) is 5.56. The van der Waals surface area contributed by atoms with Gasteiger partial charge in [0, 0.05) is 18.0 Å². The zero-order valence-electron chi connectivity index (χ0n) is 16.6. The minimum atomic E-state index is -0.0791. The highest BCUT2D eigenvalue weighted by atomic mass is 32.2. The molecule has 0 bridgehead atoms. The number of aromatic nitrogens is 2. The minimum Gasteiger partial charge on any atom is -0.352 e. The summed E-state index contributed by atoms with van der Waals surface area (Å²) in [7, 11) is 4.05. The molecule has 1 amide bonds. The van der Waals surface area contributed by atoms with E-state index in [1.54, 1.807) is 22.0 Å². The van der Waals surface area contributed by atoms with Gasteiger partial charge in [-0.1, -0.05) is 17.8 Å². The van der Waals surface area contributed by atoms with Crippen molar-refractivity contribution < 1.29 is 4.79 Å². The predicted octanol–water partition coefficient (Wildman–Crippen LogP) is 2.68. The highest BCUT2D eigenvalue weighted by Gasteiger charge is 2.22. The molecule has 0 atom stereocenters. The van der Waals surface area contributed by atoms with Crippen LogP contribution in [-0.4, -0.2) is 53.3 Å². The van der Waals surface area contributed by atoms with Crippen LogP contribution in [0.25, 0.3) is 10.2 Å². The Labute approximate surface area is 174 Å². The average Bonchev–Trinajstić information content (AvgIpc) is 3.04. The van der Waals surface area contributed by atoms with Crippen LogP contribution >= 0.6 is 23.1 Å². The summed E-state index contributed by atoms with van der Waals surface area (Å²) >= 11 is 2.99. The molecular weight excluding hydrogens is 392 g/mol. The third-order valence-corrected chi connectivity index (χ3v) is 6.96. The first kappa shape index (κ1) is 21.1. The molecule has 6 nitrogen and oxygen atoms in total. The van der Waals surface area contributed by atoms with Crippen LogP contribution in [-0.2, 0) is 24.2 Å². The molecule has 152 valence electrons. The van der Waals surface area contributed by atoms with Crippen LogP contribution in [0.2, 0.25) is 0 Å². The quantitative estimate of drug-likeness (QED) is 0.384. The Morgan fingerprint density at radius 1 is 1.39 bits per heavy atom. The van der Waals surface area contributed by atoms with Gasteiger partial charge in [0.1, 0.15) is 4.83 Å². The van der Waals surface area contributed by atoms with Crippen molar-refractivity contribution in [3.05, 3.63) is 33.4 Å². The van der Waals surface area contributed by atoms with Crippen molar-refractivity contribution in [1.82, 2.24) is 19.8 Å². The Kier molecular flexibility index (Phi) is 7.31. The standard InChI is InChI=1S/C20H28N4O2S2/c1-4-10-21-16(25)13-27-20-22-18-17(14-8-5-6-9-15(14)28-18)19(26)24(20)12-7-11-23(2)3/h4H,1,5-13H2,2-3H3,(H,21,25). The molecule has 28 heavy (non-hydrogen) atoms. The lowest BCUT2D eigenvalue weighted by atomic mass is 9.97. The van der Waals surface area contributed by atoms with Gasteiger partial charge in [-0.2, -0.15) is 0 Å². The van der Waals surface area contributed by atoms with Crippen LogP contribution in [0.15, 0.2) is 22.6 Å². The Morgan fingerprint density at radius 2 is 2.18 bits per heavy atom. The second kappa shape index (κ2) is 9.71. The molecule has 8 heteroatoms. The van der Waals surface area contributed by atoms with Gasteiger partial charge in [0.05, 0.1) is 11.1 Å². The SMILES string of the molecule is C=CCNC(=O)CSc1nc2sc3c(c2c(=O)n1CCCN(C)C)CCCC3. The molecule has 1 aliphatic rings. The largest absolute Gasteiger partial charge is 0.352 e. The van der Waals surface area contributed by atoms with E-state index in [-0.39, 0.29) is 17.2 Å². The highest BCUT2D eigenvalue weighted by Crippen LogP contribution is 2.34. The van der Waals surface area contributed by atoms with Crippen LogP contribution in [0.5, 0.6) is 0 Å². The summed E-state index contributed by atoms with van der Waals surface area (Å²) in [4.78, 5) is 34.4. The fraction of sp³-hybridized carbons (Fsp3) is 0.550. The lowest BCUT2D eigenvalue weighted by Gasteiger charge is -2.15. The number of hydrogen-bond donors (Lipinski definition) is 1. The molecular formula is C20H28N4O2S2. The predicted molar refractivity (Wildman–Crippen MR) is 118 cm³/mol. The molecule has 0 saturated heterocycles. The van der Waals surface area contributed by atoms with E-state index in [1.165, 1.54) is 28.6 Å². The Bertz CT molecular complexity index is 917. The van der Waals surface area contributed by atoms with Gasteiger partial charge in [-0.15, -0.1) is 17.9 Å². The zero-order valence-corrected chi connectivity index (χ0v) is 18.3. The first-order valence-electron chi connectivity index (χ1n) is 9.71. The van der Waals surface area contributed by atoms with Gasteiger partial charge < -0.3 is 10.2 Å². The smallest absolute Gasteiger partial charge is 0.263 e. The Morgan fingerprint density at radius 3 is 2.93 bits per heavy atom. The van der Waals surface area contributed by atoms with Crippen molar-refractivity contribution in [1.29, 1.82) is 0 Å². The fourth-order valence-corrected chi connectivity index (χ4v) is 5.60. The summed E-state index contributed by atoms with van der Waals surface area (Å²) in [6, 6.07) is 0. The average molecular weight is 421 g/mol. The number of rotatable bonds is 9. The molecule has 2 aromatic rings. The molecule has 2 heterocycles. The van der Waals surface area contributed by atoms with E-state index in [0.29, 0.717) is 18.2 Å². The summed E-state index contributed by atoms with van der Waals surface area (Å²) in [6.07, 6.45) is 6.85. The number of carbonyl (C=O) groups excluding carboxylic acids is 1. The normalized spacial score (nSPS) is 13.7. The van der Waals surface area contributed by atoms with Crippen molar-refractivity contribution in [2.24, 2.45) is 0 Å². The number of thiophene rings is 1. The second-order valence-corrected chi connectivity index (χ2v) is 9.31. The van der Waals surface area contributed by atoms with Gasteiger partial charge in [-0.25, -0.2) is 4.98 Å². The number of thioether (sulfide) groups is 1. The molecule has 0 aromatic carbocycles. The van der Waals surface area contributed by atoms with Crippen LogP contribution in [0.4, 0.5) is 0 Å². The van der Waals surface area contributed by atoms with Gasteiger partial charge in [0.15, 0.2) is 5.16 Å². The molecule has 0 saturated carbocycles. The molecule has 0 radical (unpaired) electrons. The summed E-state index contributed by atoms with van der Waals surface area (Å²) in [5, 5.41) is 4.23. The minimum absolute atomic E-state index is 0.0529. The number of aryl methyl sites for hydroxylation is 2. The van der Waals surface area contributed by atoms with Crippen molar-refractivity contribution in [3.63, 3.8) is 0 Å². The van der Waals surface area contributed by atoms with E-state index >= 15 is 0 Å². The molecule has 1 N–H and O–H groups in total. The molecule has 2 aromatic heterocycles. The maximum absolute atomic E-state index is 13.4. The number of fused-ring (bicyclic) bond motifs is 3. The number of hydrogen-bond acceptors (Lipinski definition) is 6. The molecule has 1 aliphatic carbocycles. The van der Waals surface area contributed by atoms with Crippen LogP contribution < -0.4 is 10.9 Å².